The lowest BCUT2D eigenvalue weighted by molar-refractivity contribution is 0.790. The average Bonchev–Trinajstić information content (AvgIpc) is 3.25. The maximum absolute atomic E-state index is 6.05. The Morgan fingerprint density at radius 2 is 2.04 bits per heavy atom. The van der Waals surface area contributed by atoms with Gasteiger partial charge in [0.25, 0.3) is 0 Å². The van der Waals surface area contributed by atoms with Gasteiger partial charge in [0.2, 0.25) is 0 Å². The van der Waals surface area contributed by atoms with E-state index in [1.165, 1.54) is 29.7 Å². The molecule has 4 N–H and O–H groups in total. The van der Waals surface area contributed by atoms with Crippen molar-refractivity contribution in [3.8, 4) is 10.6 Å². The first kappa shape index (κ1) is 16.5. The lowest BCUT2D eigenvalue weighted by Gasteiger charge is -2.19. The standard InChI is InChI=1S/C21H21N5S/c22-10-19(25-16-7-8-17-18(9-16)24-12-23-17)13-3-5-15(6-4-13)21-26-20(11-27-21)14-1-2-14/h3-9,11-12,14,19,25H,1-2,10,22H2,(H,23,24). The second kappa shape index (κ2) is 6.79. The SMILES string of the molecule is NCC(Nc1ccc2nc[nH]c2c1)c1ccc(-c2nc(C3CC3)cs2)cc1. The van der Waals surface area contributed by atoms with E-state index in [2.05, 4.69) is 51.0 Å². The molecular weight excluding hydrogens is 354 g/mol. The normalized spacial score (nSPS) is 15.1. The number of nitrogens with zero attached hydrogens (tertiary/aromatic N) is 2. The number of nitrogens with two attached hydrogens (primary N) is 1. The second-order valence-electron chi connectivity index (χ2n) is 7.04. The molecule has 4 aromatic rings. The highest BCUT2D eigenvalue weighted by atomic mass is 32.1. The molecule has 0 amide bonds. The molecule has 0 saturated heterocycles. The fourth-order valence-electron chi connectivity index (χ4n) is 3.35. The largest absolute Gasteiger partial charge is 0.377 e. The maximum atomic E-state index is 6.05. The molecule has 2 aromatic carbocycles. The third-order valence-corrected chi connectivity index (χ3v) is 5.98. The number of thiazole rings is 1. The summed E-state index contributed by atoms with van der Waals surface area (Å²) in [6.45, 7) is 0.517. The molecule has 5 nitrogen and oxygen atoms in total. The Morgan fingerprint density at radius 1 is 1.19 bits per heavy atom. The zero-order valence-corrected chi connectivity index (χ0v) is 15.7. The summed E-state index contributed by atoms with van der Waals surface area (Å²) in [5, 5.41) is 6.83. The molecule has 1 unspecified atom stereocenters. The van der Waals surface area contributed by atoms with Crippen molar-refractivity contribution in [2.75, 3.05) is 11.9 Å². The van der Waals surface area contributed by atoms with Gasteiger partial charge in [0.1, 0.15) is 5.01 Å². The number of fused-ring (bicyclic) bond motifs is 1. The van der Waals surface area contributed by atoms with Gasteiger partial charge in [-0.2, -0.15) is 0 Å². The van der Waals surface area contributed by atoms with Crippen molar-refractivity contribution in [2.24, 2.45) is 5.73 Å². The Morgan fingerprint density at radius 3 is 2.81 bits per heavy atom. The molecular formula is C21H21N5S. The summed E-state index contributed by atoms with van der Waals surface area (Å²) >= 11 is 1.73. The Balaban J connectivity index is 1.35. The summed E-state index contributed by atoms with van der Waals surface area (Å²) in [7, 11) is 0. The molecule has 2 aromatic heterocycles. The van der Waals surface area contributed by atoms with Gasteiger partial charge in [0.05, 0.1) is 29.1 Å². The zero-order chi connectivity index (χ0) is 18.2. The van der Waals surface area contributed by atoms with Crippen LogP contribution in [0.4, 0.5) is 5.69 Å². The first-order chi connectivity index (χ1) is 13.3. The van der Waals surface area contributed by atoms with Crippen LogP contribution in [-0.2, 0) is 0 Å². The van der Waals surface area contributed by atoms with Gasteiger partial charge < -0.3 is 16.0 Å². The van der Waals surface area contributed by atoms with Crippen molar-refractivity contribution >= 4 is 28.1 Å². The van der Waals surface area contributed by atoms with Gasteiger partial charge in [-0.15, -0.1) is 11.3 Å². The number of hydrogen-bond acceptors (Lipinski definition) is 5. The molecule has 0 aliphatic heterocycles. The van der Waals surface area contributed by atoms with Gasteiger partial charge in [0.15, 0.2) is 0 Å². The van der Waals surface area contributed by atoms with Gasteiger partial charge in [-0.1, -0.05) is 24.3 Å². The van der Waals surface area contributed by atoms with E-state index in [9.17, 15) is 0 Å². The van der Waals surface area contributed by atoms with Crippen LogP contribution < -0.4 is 11.1 Å². The lowest BCUT2D eigenvalue weighted by atomic mass is 10.0. The molecule has 5 rings (SSSR count). The van der Waals surface area contributed by atoms with Gasteiger partial charge >= 0.3 is 0 Å². The fraction of sp³-hybridized carbons (Fsp3) is 0.238. The number of imidazole rings is 1. The first-order valence-electron chi connectivity index (χ1n) is 9.25. The van der Waals surface area contributed by atoms with Crippen molar-refractivity contribution in [3.05, 3.63) is 65.4 Å². The Kier molecular flexibility index (Phi) is 4.14. The Hall–Kier alpha value is -2.70. The van der Waals surface area contributed by atoms with E-state index in [4.69, 9.17) is 10.7 Å². The van der Waals surface area contributed by atoms with E-state index in [0.29, 0.717) is 12.5 Å². The molecule has 0 radical (unpaired) electrons. The molecule has 136 valence electrons. The molecule has 1 aliphatic rings. The minimum Gasteiger partial charge on any atom is -0.377 e. The van der Waals surface area contributed by atoms with Crippen LogP contribution in [0.3, 0.4) is 0 Å². The van der Waals surface area contributed by atoms with E-state index >= 15 is 0 Å². The van der Waals surface area contributed by atoms with E-state index in [-0.39, 0.29) is 6.04 Å². The van der Waals surface area contributed by atoms with E-state index in [1.54, 1.807) is 17.7 Å². The molecule has 0 spiro atoms. The maximum Gasteiger partial charge on any atom is 0.123 e. The zero-order valence-electron chi connectivity index (χ0n) is 14.9. The molecule has 1 fully saturated rings. The minimum atomic E-state index is 0.0535. The highest BCUT2D eigenvalue weighted by Crippen LogP contribution is 2.41. The van der Waals surface area contributed by atoms with Crippen LogP contribution >= 0.6 is 11.3 Å². The minimum absolute atomic E-state index is 0.0535. The number of H-pyrrole nitrogens is 1. The Bertz CT molecular complexity index is 1060. The third kappa shape index (κ3) is 3.34. The van der Waals surface area contributed by atoms with Crippen molar-refractivity contribution in [3.63, 3.8) is 0 Å². The lowest BCUT2D eigenvalue weighted by Crippen LogP contribution is -2.20. The average molecular weight is 376 g/mol. The summed E-state index contributed by atoms with van der Waals surface area (Å²) in [6.07, 6.45) is 4.29. The van der Waals surface area contributed by atoms with Crippen LogP contribution in [0.25, 0.3) is 21.6 Å². The topological polar surface area (TPSA) is 79.6 Å². The van der Waals surface area contributed by atoms with E-state index < -0.39 is 0 Å². The predicted molar refractivity (Wildman–Crippen MR) is 111 cm³/mol. The van der Waals surface area contributed by atoms with Crippen LogP contribution in [0.2, 0.25) is 0 Å². The summed E-state index contributed by atoms with van der Waals surface area (Å²) in [4.78, 5) is 12.2. The van der Waals surface area contributed by atoms with E-state index in [0.717, 1.165) is 21.7 Å². The van der Waals surface area contributed by atoms with Crippen LogP contribution in [0.15, 0.2) is 54.2 Å². The second-order valence-corrected chi connectivity index (χ2v) is 7.90. The Labute approximate surface area is 161 Å². The molecule has 0 bridgehead atoms. The summed E-state index contributed by atoms with van der Waals surface area (Å²) in [5.41, 5.74) is 12.7. The van der Waals surface area contributed by atoms with Crippen molar-refractivity contribution in [1.29, 1.82) is 0 Å². The monoisotopic (exact) mass is 375 g/mol. The highest BCUT2D eigenvalue weighted by molar-refractivity contribution is 7.13. The molecule has 1 saturated carbocycles. The van der Waals surface area contributed by atoms with Gasteiger partial charge in [-0.3, -0.25) is 0 Å². The smallest absolute Gasteiger partial charge is 0.123 e. The van der Waals surface area contributed by atoms with Crippen LogP contribution in [0.1, 0.15) is 36.1 Å². The van der Waals surface area contributed by atoms with Crippen LogP contribution in [0, 0.1) is 0 Å². The van der Waals surface area contributed by atoms with Crippen molar-refractivity contribution in [1.82, 2.24) is 15.0 Å². The number of aromatic nitrogens is 3. The molecule has 1 aliphatic carbocycles. The third-order valence-electron chi connectivity index (χ3n) is 5.07. The first-order valence-corrected chi connectivity index (χ1v) is 10.1. The van der Waals surface area contributed by atoms with Crippen molar-refractivity contribution in [2.45, 2.75) is 24.8 Å². The number of rotatable bonds is 6. The molecule has 27 heavy (non-hydrogen) atoms. The quantitative estimate of drug-likeness (QED) is 0.457. The fourth-order valence-corrected chi connectivity index (χ4v) is 4.26. The van der Waals surface area contributed by atoms with Gasteiger partial charge in [0, 0.05) is 29.1 Å². The van der Waals surface area contributed by atoms with Gasteiger partial charge in [-0.25, -0.2) is 9.97 Å². The van der Waals surface area contributed by atoms with Gasteiger partial charge in [-0.05, 0) is 36.6 Å². The predicted octanol–water partition coefficient (Wildman–Crippen LogP) is 4.68. The van der Waals surface area contributed by atoms with Crippen molar-refractivity contribution < 1.29 is 0 Å². The number of aromatic amines is 1. The van der Waals surface area contributed by atoms with E-state index in [1.807, 2.05) is 12.1 Å². The summed E-state index contributed by atoms with van der Waals surface area (Å²) < 4.78 is 0. The number of benzene rings is 2. The summed E-state index contributed by atoms with van der Waals surface area (Å²) in [6, 6.07) is 14.7. The molecule has 1 atom stereocenters. The molecule has 2 heterocycles. The summed E-state index contributed by atoms with van der Waals surface area (Å²) in [5.74, 6) is 0.701. The van der Waals surface area contributed by atoms with Crippen LogP contribution in [-0.4, -0.2) is 21.5 Å². The van der Waals surface area contributed by atoms with Crippen LogP contribution in [0.5, 0.6) is 0 Å². The highest BCUT2D eigenvalue weighted by Gasteiger charge is 2.26. The number of nitrogens with one attached hydrogen (secondary N) is 2. The number of hydrogen-bond donors (Lipinski definition) is 3. The molecule has 6 heteroatoms. The number of anilines is 1.